The van der Waals surface area contributed by atoms with Crippen molar-refractivity contribution >= 4 is 0 Å². The molecule has 1 heterocycles. The van der Waals surface area contributed by atoms with E-state index in [4.69, 9.17) is 0 Å². The molecule has 0 N–H and O–H groups in total. The van der Waals surface area contributed by atoms with Gasteiger partial charge in [0.2, 0.25) is 0 Å². The highest BCUT2D eigenvalue weighted by Crippen LogP contribution is 2.24. The van der Waals surface area contributed by atoms with Crippen molar-refractivity contribution < 1.29 is 0 Å². The van der Waals surface area contributed by atoms with E-state index in [2.05, 4.69) is 45.5 Å². The summed E-state index contributed by atoms with van der Waals surface area (Å²) < 4.78 is 2.25. The van der Waals surface area contributed by atoms with Gasteiger partial charge in [-0.1, -0.05) is 20.8 Å². The molecule has 12 heavy (non-hydrogen) atoms. The molecule has 0 aliphatic rings. The second kappa shape index (κ2) is 3.34. The molecule has 0 aliphatic heterocycles. The zero-order chi connectivity index (χ0) is 9.30. The van der Waals surface area contributed by atoms with Crippen LogP contribution in [0.4, 0.5) is 0 Å². The Kier molecular flexibility index (Phi) is 2.61. The van der Waals surface area contributed by atoms with Crippen LogP contribution in [0.15, 0.2) is 6.20 Å². The number of nitrogens with zero attached hydrogens (tertiary/aromatic N) is 1. The number of hydrogen-bond donors (Lipinski definition) is 0. The van der Waals surface area contributed by atoms with E-state index in [0.717, 1.165) is 6.42 Å². The van der Waals surface area contributed by atoms with Gasteiger partial charge in [-0.3, -0.25) is 0 Å². The lowest BCUT2D eigenvalue weighted by atomic mass is 9.99. The van der Waals surface area contributed by atoms with Crippen LogP contribution < -0.4 is 0 Å². The van der Waals surface area contributed by atoms with Crippen LogP contribution in [0.1, 0.15) is 43.5 Å². The van der Waals surface area contributed by atoms with Crippen molar-refractivity contribution in [2.45, 2.75) is 40.0 Å². The molecule has 0 aliphatic carbocycles. The van der Waals surface area contributed by atoms with Crippen LogP contribution >= 0.6 is 0 Å². The van der Waals surface area contributed by atoms with Gasteiger partial charge >= 0.3 is 0 Å². The molecule has 0 bridgehead atoms. The fourth-order valence-electron chi connectivity index (χ4n) is 2.08. The lowest BCUT2D eigenvalue weighted by Crippen LogP contribution is -1.98. The average molecular weight is 165 g/mol. The van der Waals surface area contributed by atoms with E-state index in [1.165, 1.54) is 11.3 Å². The largest absolute Gasteiger partial charge is 0.354 e. The van der Waals surface area contributed by atoms with Gasteiger partial charge in [-0.05, 0) is 30.4 Å². The number of rotatable bonds is 2. The summed E-state index contributed by atoms with van der Waals surface area (Å²) in [6.07, 6.45) is 3.37. The molecular formula is C11H19N. The molecule has 0 atom stereocenters. The molecular weight excluding hydrogens is 146 g/mol. The van der Waals surface area contributed by atoms with Gasteiger partial charge in [0.25, 0.3) is 0 Å². The minimum absolute atomic E-state index is 0.654. The minimum atomic E-state index is 0.654. The molecule has 0 unspecified atom stereocenters. The summed E-state index contributed by atoms with van der Waals surface area (Å²) in [6.45, 7) is 8.96. The summed E-state index contributed by atoms with van der Waals surface area (Å²) in [7, 11) is 2.14. The first-order valence-corrected chi connectivity index (χ1v) is 4.72. The molecule has 68 valence electrons. The van der Waals surface area contributed by atoms with E-state index < -0.39 is 0 Å². The summed E-state index contributed by atoms with van der Waals surface area (Å²) in [5.41, 5.74) is 4.46. The Balaban J connectivity index is 3.23. The Labute approximate surface area is 75.4 Å². The molecule has 1 nitrogen and oxygen atoms in total. The van der Waals surface area contributed by atoms with Gasteiger partial charge in [-0.2, -0.15) is 0 Å². The lowest BCUT2D eigenvalue weighted by molar-refractivity contribution is 0.785. The normalized spacial score (nSPS) is 11.2. The van der Waals surface area contributed by atoms with Crippen molar-refractivity contribution in [3.8, 4) is 0 Å². The molecule has 1 aromatic heterocycles. The molecule has 0 radical (unpaired) electrons. The molecule has 0 aromatic carbocycles. The van der Waals surface area contributed by atoms with E-state index in [-0.39, 0.29) is 0 Å². The number of aromatic nitrogens is 1. The Hall–Kier alpha value is -0.720. The molecule has 1 heteroatoms. The zero-order valence-corrected chi connectivity index (χ0v) is 8.81. The third-order valence-corrected chi connectivity index (χ3v) is 2.46. The quantitative estimate of drug-likeness (QED) is 0.635. The van der Waals surface area contributed by atoms with Crippen molar-refractivity contribution in [1.29, 1.82) is 0 Å². The fourth-order valence-corrected chi connectivity index (χ4v) is 2.08. The summed E-state index contributed by atoms with van der Waals surface area (Å²) in [5.74, 6) is 0.654. The van der Waals surface area contributed by atoms with Crippen LogP contribution in [0.25, 0.3) is 0 Å². The van der Waals surface area contributed by atoms with Gasteiger partial charge in [0.1, 0.15) is 0 Å². The van der Waals surface area contributed by atoms with Crippen LogP contribution in [0.3, 0.4) is 0 Å². The van der Waals surface area contributed by atoms with Crippen LogP contribution in [0.2, 0.25) is 0 Å². The van der Waals surface area contributed by atoms with Crippen molar-refractivity contribution in [2.75, 3.05) is 0 Å². The minimum Gasteiger partial charge on any atom is -0.354 e. The van der Waals surface area contributed by atoms with Crippen LogP contribution in [0.5, 0.6) is 0 Å². The molecule has 0 spiro atoms. The van der Waals surface area contributed by atoms with Crippen molar-refractivity contribution in [3.63, 3.8) is 0 Å². The SMILES string of the molecule is CCc1c(C(C)C)c(C)cn1C. The predicted octanol–water partition coefficient (Wildman–Crippen LogP) is 3.02. The second-order valence-corrected chi connectivity index (χ2v) is 3.79. The third kappa shape index (κ3) is 1.40. The smallest absolute Gasteiger partial charge is 0.0206 e. The summed E-state index contributed by atoms with van der Waals surface area (Å²) in [4.78, 5) is 0. The van der Waals surface area contributed by atoms with E-state index in [9.17, 15) is 0 Å². The topological polar surface area (TPSA) is 4.93 Å². The van der Waals surface area contributed by atoms with E-state index in [0.29, 0.717) is 5.92 Å². The molecule has 1 rings (SSSR count). The Morgan fingerprint density at radius 3 is 2.33 bits per heavy atom. The molecule has 1 aromatic rings. The van der Waals surface area contributed by atoms with E-state index in [1.807, 2.05) is 0 Å². The summed E-state index contributed by atoms with van der Waals surface area (Å²) in [6, 6.07) is 0. The molecule has 0 fully saturated rings. The Bertz CT molecular complexity index is 269. The Morgan fingerprint density at radius 1 is 1.42 bits per heavy atom. The predicted molar refractivity (Wildman–Crippen MR) is 53.6 cm³/mol. The van der Waals surface area contributed by atoms with Gasteiger partial charge in [-0.15, -0.1) is 0 Å². The monoisotopic (exact) mass is 165 g/mol. The lowest BCUT2D eigenvalue weighted by Gasteiger charge is -2.08. The van der Waals surface area contributed by atoms with E-state index >= 15 is 0 Å². The maximum Gasteiger partial charge on any atom is 0.0206 e. The number of hydrogen-bond acceptors (Lipinski definition) is 0. The van der Waals surface area contributed by atoms with Gasteiger partial charge in [0, 0.05) is 18.9 Å². The van der Waals surface area contributed by atoms with Crippen LogP contribution in [-0.2, 0) is 13.5 Å². The highest BCUT2D eigenvalue weighted by Gasteiger charge is 2.11. The average Bonchev–Trinajstić information content (AvgIpc) is 2.24. The number of aryl methyl sites for hydroxylation is 2. The van der Waals surface area contributed by atoms with Crippen molar-refractivity contribution in [3.05, 3.63) is 23.0 Å². The van der Waals surface area contributed by atoms with Crippen LogP contribution in [-0.4, -0.2) is 4.57 Å². The molecule has 0 amide bonds. The maximum atomic E-state index is 2.27. The van der Waals surface area contributed by atoms with Crippen molar-refractivity contribution in [1.82, 2.24) is 4.57 Å². The molecule has 0 saturated carbocycles. The first-order valence-electron chi connectivity index (χ1n) is 4.72. The Morgan fingerprint density at radius 2 is 2.00 bits per heavy atom. The van der Waals surface area contributed by atoms with E-state index in [1.54, 1.807) is 5.56 Å². The third-order valence-electron chi connectivity index (χ3n) is 2.46. The van der Waals surface area contributed by atoms with Gasteiger partial charge in [0.15, 0.2) is 0 Å². The standard InChI is InChI=1S/C11H19N/c1-6-10-11(8(2)3)9(4)7-12(10)5/h7-8H,6H2,1-5H3. The first kappa shape index (κ1) is 9.37. The van der Waals surface area contributed by atoms with Gasteiger partial charge < -0.3 is 4.57 Å². The summed E-state index contributed by atoms with van der Waals surface area (Å²) in [5, 5.41) is 0. The first-order chi connectivity index (χ1) is 5.57. The highest BCUT2D eigenvalue weighted by atomic mass is 14.9. The summed E-state index contributed by atoms with van der Waals surface area (Å²) >= 11 is 0. The van der Waals surface area contributed by atoms with Gasteiger partial charge in [-0.25, -0.2) is 0 Å². The van der Waals surface area contributed by atoms with Gasteiger partial charge in [0.05, 0.1) is 0 Å². The fraction of sp³-hybridized carbons (Fsp3) is 0.636. The zero-order valence-electron chi connectivity index (χ0n) is 8.81. The second-order valence-electron chi connectivity index (χ2n) is 3.79. The van der Waals surface area contributed by atoms with Crippen molar-refractivity contribution in [2.24, 2.45) is 7.05 Å². The highest BCUT2D eigenvalue weighted by molar-refractivity contribution is 5.33. The molecule has 0 saturated heterocycles. The van der Waals surface area contributed by atoms with Crippen LogP contribution in [0, 0.1) is 6.92 Å². The maximum absolute atomic E-state index is 2.27.